The molecular weight excluding hydrogens is 318 g/mol. The Kier molecular flexibility index (Phi) is 3.98. The number of aromatic carboxylic acids is 1. The number of hydrogen-bond donors (Lipinski definition) is 2. The smallest absolute Gasteiger partial charge is 0.345 e. The Balaban J connectivity index is 2.03. The summed E-state index contributed by atoms with van der Waals surface area (Å²) >= 11 is 1.10. The molecule has 1 aromatic carbocycles. The van der Waals surface area contributed by atoms with E-state index >= 15 is 0 Å². The summed E-state index contributed by atoms with van der Waals surface area (Å²) in [5.41, 5.74) is 0.691. The number of aromatic nitrogens is 2. The number of anilines is 2. The molecule has 2 N–H and O–H groups in total. The number of hydrogen-bond acceptors (Lipinski definition) is 7. The zero-order valence-electron chi connectivity index (χ0n) is 12.4. The number of ether oxygens (including phenoxy) is 2. The quantitative estimate of drug-likeness (QED) is 0.741. The molecule has 2 aromatic heterocycles. The van der Waals surface area contributed by atoms with Gasteiger partial charge >= 0.3 is 5.97 Å². The summed E-state index contributed by atoms with van der Waals surface area (Å²) in [6.45, 7) is 0. The molecule has 0 radical (unpaired) electrons. The van der Waals surface area contributed by atoms with Crippen LogP contribution in [0.4, 0.5) is 11.5 Å². The van der Waals surface area contributed by atoms with Gasteiger partial charge in [0, 0.05) is 6.07 Å². The summed E-state index contributed by atoms with van der Waals surface area (Å²) in [4.78, 5) is 20.2. The Hall–Kier alpha value is -2.87. The van der Waals surface area contributed by atoms with Crippen molar-refractivity contribution < 1.29 is 19.4 Å². The molecule has 0 bridgehead atoms. The highest BCUT2D eigenvalue weighted by atomic mass is 32.1. The topological polar surface area (TPSA) is 93.6 Å². The van der Waals surface area contributed by atoms with E-state index in [1.807, 2.05) is 0 Å². The summed E-state index contributed by atoms with van der Waals surface area (Å²) in [6, 6.07) is 6.90. The first kappa shape index (κ1) is 15.0. The lowest BCUT2D eigenvalue weighted by molar-refractivity contribution is 0.0702. The number of carboxylic acids is 1. The molecule has 0 fully saturated rings. The molecule has 118 valence electrons. The molecule has 0 aliphatic rings. The number of thiophene rings is 1. The molecule has 0 aliphatic heterocycles. The first-order chi connectivity index (χ1) is 11.1. The van der Waals surface area contributed by atoms with Crippen LogP contribution in [0.15, 0.2) is 30.6 Å². The standard InChI is InChI=1S/C15H13N3O4S/c1-21-8-3-4-10(11(5-8)22-2)18-13-9-6-12(15(19)20)23-14(9)17-7-16-13/h3-7H,1-2H3,(H,19,20)(H,16,17,18). The highest BCUT2D eigenvalue weighted by Crippen LogP contribution is 2.34. The van der Waals surface area contributed by atoms with Crippen LogP contribution in [0.5, 0.6) is 11.5 Å². The predicted octanol–water partition coefficient (Wildman–Crippen LogP) is 3.15. The van der Waals surface area contributed by atoms with E-state index in [0.717, 1.165) is 11.3 Å². The van der Waals surface area contributed by atoms with Gasteiger partial charge in [-0.05, 0) is 18.2 Å². The number of methoxy groups -OCH3 is 2. The predicted molar refractivity (Wildman–Crippen MR) is 87.2 cm³/mol. The maximum atomic E-state index is 11.1. The minimum atomic E-state index is -0.985. The van der Waals surface area contributed by atoms with Crippen LogP contribution in [0.2, 0.25) is 0 Å². The van der Waals surface area contributed by atoms with Gasteiger partial charge < -0.3 is 19.9 Å². The van der Waals surface area contributed by atoms with Crippen molar-refractivity contribution in [3.05, 3.63) is 35.5 Å². The van der Waals surface area contributed by atoms with Crippen LogP contribution >= 0.6 is 11.3 Å². The number of fused-ring (bicyclic) bond motifs is 1. The molecular formula is C15H13N3O4S. The van der Waals surface area contributed by atoms with Gasteiger partial charge in [-0.2, -0.15) is 0 Å². The molecule has 0 unspecified atom stereocenters. The molecule has 0 saturated carbocycles. The molecule has 0 saturated heterocycles. The number of carboxylic acid groups (broad SMARTS) is 1. The normalized spacial score (nSPS) is 10.5. The number of nitrogens with zero attached hydrogens (tertiary/aromatic N) is 2. The SMILES string of the molecule is COc1ccc(Nc2ncnc3sc(C(=O)O)cc23)c(OC)c1. The van der Waals surface area contributed by atoms with E-state index in [0.29, 0.717) is 33.2 Å². The minimum absolute atomic E-state index is 0.213. The first-order valence-electron chi connectivity index (χ1n) is 6.59. The van der Waals surface area contributed by atoms with Crippen LogP contribution in [-0.4, -0.2) is 35.3 Å². The highest BCUT2D eigenvalue weighted by Gasteiger charge is 2.14. The fraction of sp³-hybridized carbons (Fsp3) is 0.133. The van der Waals surface area contributed by atoms with Crippen molar-refractivity contribution in [1.29, 1.82) is 0 Å². The van der Waals surface area contributed by atoms with E-state index in [4.69, 9.17) is 14.6 Å². The molecule has 0 amide bonds. The van der Waals surface area contributed by atoms with E-state index in [2.05, 4.69) is 15.3 Å². The molecule has 2 heterocycles. The Morgan fingerprint density at radius 3 is 2.74 bits per heavy atom. The number of nitrogens with one attached hydrogen (secondary N) is 1. The zero-order valence-corrected chi connectivity index (χ0v) is 13.2. The van der Waals surface area contributed by atoms with Crippen LogP contribution in [0.3, 0.4) is 0 Å². The van der Waals surface area contributed by atoms with Gasteiger partial charge in [-0.25, -0.2) is 14.8 Å². The van der Waals surface area contributed by atoms with Crippen LogP contribution in [0, 0.1) is 0 Å². The molecule has 3 aromatic rings. The van der Waals surface area contributed by atoms with Crippen LogP contribution < -0.4 is 14.8 Å². The van der Waals surface area contributed by atoms with E-state index < -0.39 is 5.97 Å². The van der Waals surface area contributed by atoms with Crippen LogP contribution in [0.1, 0.15) is 9.67 Å². The lowest BCUT2D eigenvalue weighted by Gasteiger charge is -2.12. The van der Waals surface area contributed by atoms with E-state index in [9.17, 15) is 4.79 Å². The van der Waals surface area contributed by atoms with Gasteiger partial charge in [0.25, 0.3) is 0 Å². The maximum Gasteiger partial charge on any atom is 0.345 e. The van der Waals surface area contributed by atoms with Gasteiger partial charge in [0.1, 0.15) is 33.4 Å². The van der Waals surface area contributed by atoms with Crippen LogP contribution in [0.25, 0.3) is 10.2 Å². The Morgan fingerprint density at radius 1 is 1.22 bits per heavy atom. The van der Waals surface area contributed by atoms with Crippen molar-refractivity contribution in [2.75, 3.05) is 19.5 Å². The van der Waals surface area contributed by atoms with E-state index in [1.165, 1.54) is 6.33 Å². The zero-order chi connectivity index (χ0) is 16.4. The monoisotopic (exact) mass is 331 g/mol. The summed E-state index contributed by atoms with van der Waals surface area (Å²) in [6.07, 6.45) is 1.39. The number of carbonyl (C=O) groups is 1. The summed E-state index contributed by atoms with van der Waals surface area (Å²) in [5.74, 6) is 0.789. The number of benzene rings is 1. The minimum Gasteiger partial charge on any atom is -0.497 e. The second-order valence-corrected chi connectivity index (χ2v) is 5.58. The van der Waals surface area contributed by atoms with E-state index in [-0.39, 0.29) is 4.88 Å². The molecule has 23 heavy (non-hydrogen) atoms. The van der Waals surface area contributed by atoms with Crippen molar-refractivity contribution in [2.45, 2.75) is 0 Å². The van der Waals surface area contributed by atoms with Crippen molar-refractivity contribution in [2.24, 2.45) is 0 Å². The first-order valence-corrected chi connectivity index (χ1v) is 7.41. The molecule has 0 aliphatic carbocycles. The maximum absolute atomic E-state index is 11.1. The third kappa shape index (κ3) is 2.88. The summed E-state index contributed by atoms with van der Waals surface area (Å²) < 4.78 is 10.5. The Morgan fingerprint density at radius 2 is 2.04 bits per heavy atom. The second-order valence-electron chi connectivity index (χ2n) is 4.55. The van der Waals surface area contributed by atoms with Gasteiger partial charge in [0.15, 0.2) is 0 Å². The van der Waals surface area contributed by atoms with Gasteiger partial charge in [-0.3, -0.25) is 0 Å². The third-order valence-corrected chi connectivity index (χ3v) is 4.23. The van der Waals surface area contributed by atoms with Gasteiger partial charge in [0.2, 0.25) is 0 Å². The third-order valence-electron chi connectivity index (χ3n) is 3.20. The lowest BCUT2D eigenvalue weighted by atomic mass is 10.2. The van der Waals surface area contributed by atoms with Gasteiger partial charge in [0.05, 0.1) is 25.3 Å². The molecule has 0 atom stereocenters. The van der Waals surface area contributed by atoms with Crippen molar-refractivity contribution in [3.8, 4) is 11.5 Å². The van der Waals surface area contributed by atoms with Gasteiger partial charge in [-0.1, -0.05) is 0 Å². The average Bonchev–Trinajstić information content (AvgIpc) is 3.01. The summed E-state index contributed by atoms with van der Waals surface area (Å²) in [7, 11) is 3.14. The highest BCUT2D eigenvalue weighted by molar-refractivity contribution is 7.20. The summed E-state index contributed by atoms with van der Waals surface area (Å²) in [5, 5.41) is 12.9. The molecule has 8 heteroatoms. The average molecular weight is 331 g/mol. The van der Waals surface area contributed by atoms with Gasteiger partial charge in [-0.15, -0.1) is 11.3 Å². The number of rotatable bonds is 5. The Bertz CT molecular complexity index is 878. The molecule has 7 nitrogen and oxygen atoms in total. The van der Waals surface area contributed by atoms with Crippen molar-refractivity contribution >= 4 is 39.0 Å². The van der Waals surface area contributed by atoms with E-state index in [1.54, 1.807) is 38.5 Å². The van der Waals surface area contributed by atoms with Crippen molar-refractivity contribution in [1.82, 2.24) is 9.97 Å². The largest absolute Gasteiger partial charge is 0.497 e. The lowest BCUT2D eigenvalue weighted by Crippen LogP contribution is -1.98. The van der Waals surface area contributed by atoms with Crippen LogP contribution in [-0.2, 0) is 0 Å². The fourth-order valence-corrected chi connectivity index (χ4v) is 2.93. The fourth-order valence-electron chi connectivity index (χ4n) is 2.09. The van der Waals surface area contributed by atoms with Crippen molar-refractivity contribution in [3.63, 3.8) is 0 Å². The second kappa shape index (κ2) is 6.09. The Labute approximate surface area is 135 Å². The molecule has 0 spiro atoms. The molecule has 3 rings (SSSR count).